The third-order valence-electron chi connectivity index (χ3n) is 5.33. The van der Waals surface area contributed by atoms with Crippen LogP contribution in [0.4, 0.5) is 4.39 Å². The highest BCUT2D eigenvalue weighted by molar-refractivity contribution is 8.14. The second-order valence-corrected chi connectivity index (χ2v) is 9.73. The van der Waals surface area contributed by atoms with Crippen LogP contribution in [-0.4, -0.2) is 32.8 Å². The van der Waals surface area contributed by atoms with E-state index in [2.05, 4.69) is 10.2 Å². The van der Waals surface area contributed by atoms with Gasteiger partial charge in [-0.3, -0.25) is 9.69 Å². The Labute approximate surface area is 214 Å². The first-order chi connectivity index (χ1) is 16.4. The van der Waals surface area contributed by atoms with E-state index in [1.807, 2.05) is 54.6 Å². The van der Waals surface area contributed by atoms with Crippen LogP contribution in [0.15, 0.2) is 76.9 Å². The second kappa shape index (κ2) is 9.58. The van der Waals surface area contributed by atoms with E-state index in [9.17, 15) is 9.18 Å². The second-order valence-electron chi connectivity index (χ2n) is 7.51. The first kappa shape index (κ1) is 23.2. The van der Waals surface area contributed by atoms with Crippen molar-refractivity contribution in [3.63, 3.8) is 0 Å². The molecule has 10 heteroatoms. The number of carbonyl (C=O) groups is 1. The molecule has 3 aromatic carbocycles. The Balaban J connectivity index is 1.40. The Morgan fingerprint density at radius 1 is 0.971 bits per heavy atom. The van der Waals surface area contributed by atoms with Gasteiger partial charge in [0.15, 0.2) is 5.17 Å². The Hall–Kier alpha value is -2.58. The number of halogens is 4. The summed E-state index contributed by atoms with van der Waals surface area (Å²) in [6, 6.07) is 19.0. The maximum absolute atomic E-state index is 13.9. The molecule has 3 aromatic rings. The number of para-hydroxylation sites is 1. The molecule has 1 saturated heterocycles. The third-order valence-corrected chi connectivity index (χ3v) is 7.31. The summed E-state index contributed by atoms with van der Waals surface area (Å²) in [4.78, 5) is 14.2. The molecule has 2 unspecified atom stereocenters. The van der Waals surface area contributed by atoms with E-state index in [0.717, 1.165) is 5.56 Å². The van der Waals surface area contributed by atoms with Gasteiger partial charge in [-0.15, -0.1) is 16.7 Å². The van der Waals surface area contributed by atoms with Gasteiger partial charge >= 0.3 is 0 Å². The molecule has 0 aromatic heterocycles. The number of benzene rings is 3. The summed E-state index contributed by atoms with van der Waals surface area (Å²) >= 11 is 19.7. The predicted octanol–water partition coefficient (Wildman–Crippen LogP) is 6.92. The number of rotatable bonds is 4. The molecule has 2 heterocycles. The van der Waals surface area contributed by atoms with Crippen molar-refractivity contribution in [1.29, 1.82) is 0 Å². The van der Waals surface area contributed by atoms with Gasteiger partial charge in [-0.25, -0.2) is 4.39 Å². The SMILES string of the molecule is O=C1C(Cl)C(c2cccc(Oc3ccccc3)c2)N1C1=NN=C(c2cc(F)c(Cl)cc2Cl)CS1. The summed E-state index contributed by atoms with van der Waals surface area (Å²) in [7, 11) is 0. The quantitative estimate of drug-likeness (QED) is 0.207. The van der Waals surface area contributed by atoms with Crippen molar-refractivity contribution in [2.24, 2.45) is 10.2 Å². The van der Waals surface area contributed by atoms with Crippen LogP contribution in [0.2, 0.25) is 10.0 Å². The minimum atomic E-state index is -0.736. The zero-order valence-corrected chi connectivity index (χ0v) is 20.4. The van der Waals surface area contributed by atoms with Crippen molar-refractivity contribution >= 4 is 63.4 Å². The fourth-order valence-corrected chi connectivity index (χ4v) is 5.43. The van der Waals surface area contributed by atoms with Crippen LogP contribution in [0.5, 0.6) is 11.5 Å². The Bertz CT molecular complexity index is 1340. The van der Waals surface area contributed by atoms with E-state index in [1.54, 1.807) is 0 Å². The molecule has 34 heavy (non-hydrogen) atoms. The highest BCUT2D eigenvalue weighted by Gasteiger charge is 2.50. The Morgan fingerprint density at radius 3 is 2.47 bits per heavy atom. The zero-order chi connectivity index (χ0) is 23.8. The lowest BCUT2D eigenvalue weighted by Gasteiger charge is -2.44. The van der Waals surface area contributed by atoms with Crippen molar-refractivity contribution < 1.29 is 13.9 Å². The van der Waals surface area contributed by atoms with Gasteiger partial charge in [0.25, 0.3) is 0 Å². The third kappa shape index (κ3) is 4.41. The topological polar surface area (TPSA) is 54.3 Å². The molecule has 1 fully saturated rings. The molecule has 0 aliphatic carbocycles. The number of β-lactam (4-membered cyclic amide) rings is 1. The van der Waals surface area contributed by atoms with E-state index in [-0.39, 0.29) is 16.0 Å². The van der Waals surface area contributed by atoms with Gasteiger partial charge in [0, 0.05) is 11.3 Å². The first-order valence-electron chi connectivity index (χ1n) is 10.1. The molecule has 0 N–H and O–H groups in total. The molecule has 1 amide bonds. The van der Waals surface area contributed by atoms with E-state index in [4.69, 9.17) is 39.5 Å². The predicted molar refractivity (Wildman–Crippen MR) is 135 cm³/mol. The summed E-state index contributed by atoms with van der Waals surface area (Å²) in [6.07, 6.45) is 0. The molecular weight excluding hydrogens is 520 g/mol. The zero-order valence-electron chi connectivity index (χ0n) is 17.3. The van der Waals surface area contributed by atoms with Crippen LogP contribution in [0, 0.1) is 5.82 Å². The van der Waals surface area contributed by atoms with Crippen molar-refractivity contribution in [3.8, 4) is 11.5 Å². The lowest BCUT2D eigenvalue weighted by atomic mass is 9.94. The molecule has 0 saturated carbocycles. The van der Waals surface area contributed by atoms with E-state index < -0.39 is 17.2 Å². The van der Waals surface area contributed by atoms with Crippen LogP contribution < -0.4 is 4.74 Å². The van der Waals surface area contributed by atoms with Crippen molar-refractivity contribution in [2.45, 2.75) is 11.4 Å². The highest BCUT2D eigenvalue weighted by Crippen LogP contribution is 2.42. The summed E-state index contributed by atoms with van der Waals surface area (Å²) in [5, 5.41) is 8.31. The molecule has 0 spiro atoms. The normalized spacial score (nSPS) is 19.9. The molecule has 2 aliphatic heterocycles. The summed E-state index contributed by atoms with van der Waals surface area (Å²) < 4.78 is 19.8. The summed E-state index contributed by atoms with van der Waals surface area (Å²) in [6.45, 7) is 0. The fraction of sp³-hybridized carbons (Fsp3) is 0.125. The first-order valence-corrected chi connectivity index (χ1v) is 12.3. The fourth-order valence-electron chi connectivity index (χ4n) is 3.66. The minimum Gasteiger partial charge on any atom is -0.457 e. The largest absolute Gasteiger partial charge is 0.457 e. The van der Waals surface area contributed by atoms with Crippen molar-refractivity contribution in [1.82, 2.24) is 4.90 Å². The molecule has 0 bridgehead atoms. The van der Waals surface area contributed by atoms with Crippen molar-refractivity contribution in [3.05, 3.63) is 93.7 Å². The van der Waals surface area contributed by atoms with Gasteiger partial charge in [-0.2, -0.15) is 5.10 Å². The van der Waals surface area contributed by atoms with Crippen molar-refractivity contribution in [2.75, 3.05) is 5.75 Å². The molecule has 172 valence electrons. The van der Waals surface area contributed by atoms with E-state index >= 15 is 0 Å². The number of hydrogen-bond donors (Lipinski definition) is 0. The van der Waals surface area contributed by atoms with Crippen LogP contribution in [0.25, 0.3) is 0 Å². The van der Waals surface area contributed by atoms with Gasteiger partial charge in [0.2, 0.25) is 5.91 Å². The lowest BCUT2D eigenvalue weighted by molar-refractivity contribution is -0.138. The lowest BCUT2D eigenvalue weighted by Crippen LogP contribution is -2.58. The number of amides is 1. The van der Waals surface area contributed by atoms with Crippen LogP contribution >= 0.6 is 46.6 Å². The van der Waals surface area contributed by atoms with Crippen LogP contribution in [0.3, 0.4) is 0 Å². The average Bonchev–Trinajstić information content (AvgIpc) is 2.85. The smallest absolute Gasteiger partial charge is 0.249 e. The maximum atomic E-state index is 13.9. The number of carbonyl (C=O) groups excluding carboxylic acids is 1. The van der Waals surface area contributed by atoms with E-state index in [1.165, 1.54) is 28.8 Å². The van der Waals surface area contributed by atoms with Gasteiger partial charge < -0.3 is 4.74 Å². The summed E-state index contributed by atoms with van der Waals surface area (Å²) in [5.74, 6) is 0.825. The Kier molecular flexibility index (Phi) is 6.53. The minimum absolute atomic E-state index is 0.0670. The Morgan fingerprint density at radius 2 is 1.74 bits per heavy atom. The number of ether oxygens (including phenoxy) is 1. The van der Waals surface area contributed by atoms with Gasteiger partial charge in [0.05, 0.1) is 21.8 Å². The van der Waals surface area contributed by atoms with Gasteiger partial charge in [0.1, 0.15) is 22.7 Å². The molecule has 2 atom stereocenters. The average molecular weight is 535 g/mol. The number of thioether (sulfide) groups is 1. The number of likely N-dealkylation sites (tertiary alicyclic amines) is 1. The number of hydrogen-bond acceptors (Lipinski definition) is 5. The monoisotopic (exact) mass is 533 g/mol. The number of amidine groups is 1. The molecule has 0 radical (unpaired) electrons. The molecule has 2 aliphatic rings. The highest BCUT2D eigenvalue weighted by atomic mass is 35.5. The number of nitrogens with zero attached hydrogens (tertiary/aromatic N) is 3. The summed E-state index contributed by atoms with van der Waals surface area (Å²) in [5.41, 5.74) is 1.71. The maximum Gasteiger partial charge on any atom is 0.249 e. The molecular formula is C24H15Cl3FN3O2S. The number of alkyl halides is 1. The van der Waals surface area contributed by atoms with Crippen LogP contribution in [-0.2, 0) is 4.79 Å². The van der Waals surface area contributed by atoms with Crippen LogP contribution in [0.1, 0.15) is 17.2 Å². The molecule has 5 rings (SSSR count). The standard InChI is InChI=1S/C24H15Cl3FN3O2S/c25-17-11-18(26)19(28)10-16(17)20-12-34-24(30-29-20)31-22(21(27)23(31)32)13-5-4-8-15(9-13)33-14-6-2-1-3-7-14/h1-11,21-22H,12H2. The molecule has 5 nitrogen and oxygen atoms in total. The van der Waals surface area contributed by atoms with E-state index in [0.29, 0.717) is 33.7 Å². The van der Waals surface area contributed by atoms with Gasteiger partial charge in [-0.05, 0) is 42.0 Å². The van der Waals surface area contributed by atoms with Gasteiger partial charge in [-0.1, -0.05) is 65.3 Å².